The molecular weight excluding hydrogens is 414 g/mol. The molecule has 0 aliphatic carbocycles. The van der Waals surface area contributed by atoms with Gasteiger partial charge in [-0.15, -0.1) is 11.3 Å². The summed E-state index contributed by atoms with van der Waals surface area (Å²) in [5.41, 5.74) is 7.55. The predicted molar refractivity (Wildman–Crippen MR) is 109 cm³/mol. The van der Waals surface area contributed by atoms with Gasteiger partial charge in [-0.1, -0.05) is 0 Å². The first kappa shape index (κ1) is 20.2. The third-order valence-corrected chi connectivity index (χ3v) is 6.42. The van der Waals surface area contributed by atoms with Crippen LogP contribution in [0.2, 0.25) is 0 Å². The second kappa shape index (κ2) is 7.66. The highest BCUT2D eigenvalue weighted by atomic mass is 32.1. The van der Waals surface area contributed by atoms with Crippen LogP contribution in [0.5, 0.6) is 0 Å². The van der Waals surface area contributed by atoms with Gasteiger partial charge < -0.3 is 20.5 Å². The maximum Gasteiger partial charge on any atom is 0.327 e. The smallest absolute Gasteiger partial charge is 0.327 e. The Morgan fingerprint density at radius 2 is 1.93 bits per heavy atom. The molecular formula is C21H18F2N2O4S. The number of rotatable bonds is 5. The molecule has 3 atom stereocenters. The van der Waals surface area contributed by atoms with Gasteiger partial charge in [0.25, 0.3) is 0 Å². The number of carboxylic acid groups (broad SMARTS) is 1. The third kappa shape index (κ3) is 3.29. The predicted octanol–water partition coefficient (Wildman–Crippen LogP) is 3.24. The fourth-order valence-electron chi connectivity index (χ4n) is 4.07. The summed E-state index contributed by atoms with van der Waals surface area (Å²) in [6, 6.07) is 5.80. The summed E-state index contributed by atoms with van der Waals surface area (Å²) in [6.07, 6.45) is 0. The van der Waals surface area contributed by atoms with E-state index in [-0.39, 0.29) is 6.54 Å². The fourth-order valence-corrected chi connectivity index (χ4v) is 5.00. The van der Waals surface area contributed by atoms with Crippen molar-refractivity contribution in [2.45, 2.75) is 24.5 Å². The number of carboxylic acids is 1. The largest absolute Gasteiger partial charge is 0.480 e. The van der Waals surface area contributed by atoms with Gasteiger partial charge in [-0.3, -0.25) is 4.79 Å². The molecule has 0 radical (unpaired) electrons. The lowest BCUT2D eigenvalue weighted by molar-refractivity contribution is -0.144. The Kier molecular flexibility index (Phi) is 5.17. The molecule has 1 aromatic heterocycles. The van der Waals surface area contributed by atoms with Gasteiger partial charge in [-0.05, 0) is 52.9 Å². The second-order valence-electron chi connectivity index (χ2n) is 7.09. The lowest BCUT2D eigenvalue weighted by atomic mass is 9.88. The molecule has 3 unspecified atom stereocenters. The molecule has 1 aliphatic heterocycles. The van der Waals surface area contributed by atoms with Crippen LogP contribution in [-0.4, -0.2) is 36.2 Å². The number of ether oxygens (including phenoxy) is 1. The lowest BCUT2D eigenvalue weighted by Crippen LogP contribution is -2.49. The third-order valence-electron chi connectivity index (χ3n) is 5.40. The lowest BCUT2D eigenvalue weighted by Gasteiger charge is -2.28. The van der Waals surface area contributed by atoms with Gasteiger partial charge in [-0.2, -0.15) is 0 Å². The molecule has 30 heavy (non-hydrogen) atoms. The van der Waals surface area contributed by atoms with E-state index in [0.717, 1.165) is 17.4 Å². The number of anilines is 1. The number of benzene rings is 2. The maximum absolute atomic E-state index is 14.0. The van der Waals surface area contributed by atoms with Crippen LogP contribution in [-0.2, 0) is 20.9 Å². The highest BCUT2D eigenvalue weighted by Gasteiger charge is 2.48. The Labute approximate surface area is 174 Å². The number of carbonyl (C=O) groups is 2. The molecule has 0 amide bonds. The van der Waals surface area contributed by atoms with Gasteiger partial charge in [0.05, 0.1) is 7.11 Å². The van der Waals surface area contributed by atoms with Crippen molar-refractivity contribution < 1.29 is 28.2 Å². The van der Waals surface area contributed by atoms with Gasteiger partial charge >= 0.3 is 11.9 Å². The number of carbonyl (C=O) groups excluding carboxylic acids is 1. The minimum atomic E-state index is -1.29. The van der Waals surface area contributed by atoms with Crippen LogP contribution in [0.3, 0.4) is 0 Å². The Bertz CT molecular complexity index is 1150. The second-order valence-corrected chi connectivity index (χ2v) is 8.00. The Hall–Kier alpha value is -3.04. The summed E-state index contributed by atoms with van der Waals surface area (Å²) in [4.78, 5) is 25.9. The average molecular weight is 432 g/mol. The number of methoxy groups -OCH3 is 1. The first-order valence-electron chi connectivity index (χ1n) is 9.09. The van der Waals surface area contributed by atoms with Crippen molar-refractivity contribution in [3.8, 4) is 0 Å². The van der Waals surface area contributed by atoms with Crippen molar-refractivity contribution in [2.24, 2.45) is 5.73 Å². The molecule has 2 heterocycles. The quantitative estimate of drug-likeness (QED) is 0.602. The van der Waals surface area contributed by atoms with Crippen LogP contribution >= 0.6 is 11.3 Å². The average Bonchev–Trinajstić information content (AvgIpc) is 3.25. The minimum absolute atomic E-state index is 0.128. The number of thiophene rings is 1. The van der Waals surface area contributed by atoms with Gasteiger partial charge in [0.1, 0.15) is 23.7 Å². The zero-order valence-electron chi connectivity index (χ0n) is 15.8. The monoisotopic (exact) mass is 432 g/mol. The van der Waals surface area contributed by atoms with Crippen LogP contribution in [0.1, 0.15) is 17.0 Å². The molecule has 4 rings (SSSR count). The Morgan fingerprint density at radius 1 is 1.23 bits per heavy atom. The van der Waals surface area contributed by atoms with Crippen LogP contribution in [0.15, 0.2) is 41.8 Å². The molecule has 9 heteroatoms. The van der Waals surface area contributed by atoms with Crippen molar-refractivity contribution in [3.05, 3.63) is 64.5 Å². The Morgan fingerprint density at radius 3 is 2.63 bits per heavy atom. The highest BCUT2D eigenvalue weighted by Crippen LogP contribution is 2.44. The van der Waals surface area contributed by atoms with E-state index < -0.39 is 41.6 Å². The molecule has 1 aliphatic rings. The summed E-state index contributed by atoms with van der Waals surface area (Å²) in [5.74, 6) is -3.97. The topological polar surface area (TPSA) is 92.9 Å². The van der Waals surface area contributed by atoms with E-state index in [0.29, 0.717) is 16.6 Å². The molecule has 2 aromatic carbocycles. The molecule has 0 fully saturated rings. The molecule has 0 saturated heterocycles. The fraction of sp³-hybridized carbons (Fsp3) is 0.238. The summed E-state index contributed by atoms with van der Waals surface area (Å²) in [7, 11) is 1.16. The van der Waals surface area contributed by atoms with Crippen molar-refractivity contribution in [2.75, 3.05) is 12.0 Å². The number of esters is 1. The van der Waals surface area contributed by atoms with E-state index in [2.05, 4.69) is 0 Å². The van der Waals surface area contributed by atoms with E-state index in [9.17, 15) is 23.5 Å². The minimum Gasteiger partial charge on any atom is -0.480 e. The van der Waals surface area contributed by atoms with Crippen molar-refractivity contribution in [1.82, 2.24) is 0 Å². The number of hydrogen-bond donors (Lipinski definition) is 2. The van der Waals surface area contributed by atoms with Gasteiger partial charge in [0, 0.05) is 28.2 Å². The van der Waals surface area contributed by atoms with Crippen LogP contribution in [0.25, 0.3) is 10.1 Å². The van der Waals surface area contributed by atoms with E-state index in [1.165, 1.54) is 41.7 Å². The first-order valence-corrected chi connectivity index (χ1v) is 9.97. The van der Waals surface area contributed by atoms with Crippen molar-refractivity contribution >= 4 is 39.0 Å². The number of fused-ring (bicyclic) bond motifs is 2. The van der Waals surface area contributed by atoms with Gasteiger partial charge in [-0.25, -0.2) is 13.6 Å². The van der Waals surface area contributed by atoms with Gasteiger partial charge in [0.2, 0.25) is 0 Å². The van der Waals surface area contributed by atoms with Crippen LogP contribution in [0.4, 0.5) is 14.5 Å². The number of halogens is 2. The molecule has 0 bridgehead atoms. The standard InChI is InChI=1S/C21H18F2N2O4S/c1-29-21(28)18(24)17-14-7-11(22)2-4-15(14)25(19(17)20(26)27)8-10-9-30-16-5-3-12(23)6-13(10)16/h2-7,9,17-19H,8,24H2,1H3,(H,26,27). The first-order chi connectivity index (χ1) is 14.3. The zero-order valence-corrected chi connectivity index (χ0v) is 16.7. The van der Waals surface area contributed by atoms with Crippen LogP contribution < -0.4 is 10.6 Å². The summed E-state index contributed by atoms with van der Waals surface area (Å²) < 4.78 is 33.3. The number of nitrogens with zero attached hydrogens (tertiary/aromatic N) is 1. The number of aliphatic carboxylic acids is 1. The van der Waals surface area contributed by atoms with E-state index in [1.54, 1.807) is 11.0 Å². The molecule has 3 aromatic rings. The molecule has 0 saturated carbocycles. The SMILES string of the molecule is COC(=O)C(N)C1c2cc(F)ccc2N(Cc2csc3ccc(F)cc23)C1C(=O)O. The Balaban J connectivity index is 1.82. The molecule has 6 nitrogen and oxygen atoms in total. The summed E-state index contributed by atoms with van der Waals surface area (Å²) in [5, 5.41) is 12.5. The molecule has 0 spiro atoms. The molecule has 3 N–H and O–H groups in total. The summed E-state index contributed by atoms with van der Waals surface area (Å²) in [6.45, 7) is 0.128. The maximum atomic E-state index is 14.0. The van der Waals surface area contributed by atoms with Crippen molar-refractivity contribution in [1.29, 1.82) is 0 Å². The van der Waals surface area contributed by atoms with Crippen molar-refractivity contribution in [3.63, 3.8) is 0 Å². The number of nitrogens with two attached hydrogens (primary N) is 1. The van der Waals surface area contributed by atoms with E-state index >= 15 is 0 Å². The van der Waals surface area contributed by atoms with E-state index in [1.807, 2.05) is 5.38 Å². The van der Waals surface area contributed by atoms with E-state index in [4.69, 9.17) is 10.5 Å². The summed E-state index contributed by atoms with van der Waals surface area (Å²) >= 11 is 1.42. The van der Waals surface area contributed by atoms with Crippen LogP contribution in [0, 0.1) is 11.6 Å². The zero-order chi connectivity index (χ0) is 21.6. The normalized spacial score (nSPS) is 19.0. The highest BCUT2D eigenvalue weighted by molar-refractivity contribution is 7.17. The van der Waals surface area contributed by atoms with Gasteiger partial charge in [0.15, 0.2) is 0 Å². The number of hydrogen-bond acceptors (Lipinski definition) is 6. The molecule has 156 valence electrons.